The molecule has 0 aliphatic rings. The van der Waals surface area contributed by atoms with E-state index in [-0.39, 0.29) is 11.7 Å². The molecule has 0 saturated carbocycles. The Kier molecular flexibility index (Phi) is 5.66. The van der Waals surface area contributed by atoms with Crippen LogP contribution in [-0.4, -0.2) is 32.5 Å². The minimum Gasteiger partial charge on any atom is -0.411 e. The molecule has 0 radical (unpaired) electrons. The second-order valence-corrected chi connectivity index (χ2v) is 10.2. The maximum atomic E-state index is 5.86. The summed E-state index contributed by atoms with van der Waals surface area (Å²) in [6, 6.07) is 0. The van der Waals surface area contributed by atoms with Gasteiger partial charge < -0.3 is 9.16 Å². The summed E-state index contributed by atoms with van der Waals surface area (Å²) < 4.78 is 11.5. The molecule has 0 aromatic rings. The summed E-state index contributed by atoms with van der Waals surface area (Å²) in [4.78, 5) is 0. The van der Waals surface area contributed by atoms with E-state index in [1.54, 1.807) is 0 Å². The molecule has 0 rings (SSSR count). The summed E-state index contributed by atoms with van der Waals surface area (Å²) in [5.74, 6) is 0.500. The predicted molar refractivity (Wildman–Crippen MR) is 64.6 cm³/mol. The molecule has 0 amide bonds. The molecule has 86 valence electrons. The first-order chi connectivity index (χ1) is 6.14. The van der Waals surface area contributed by atoms with Gasteiger partial charge in [0, 0.05) is 5.88 Å². The van der Waals surface area contributed by atoms with E-state index in [2.05, 4.69) is 19.6 Å². The Balaban J connectivity index is 3.93. The third-order valence-electron chi connectivity index (χ3n) is 1.39. The summed E-state index contributed by atoms with van der Waals surface area (Å²) in [7, 11) is -1.50. The summed E-state index contributed by atoms with van der Waals surface area (Å²) >= 11 is 5.82. The van der Waals surface area contributed by atoms with Crippen molar-refractivity contribution in [1.29, 1.82) is 0 Å². The molecule has 0 aliphatic carbocycles. The number of hydrogen-bond acceptors (Lipinski definition) is 2. The van der Waals surface area contributed by atoms with Crippen LogP contribution in [0.15, 0.2) is 0 Å². The van der Waals surface area contributed by atoms with Crippen molar-refractivity contribution >= 4 is 19.9 Å². The van der Waals surface area contributed by atoms with Gasteiger partial charge in [-0.3, -0.25) is 0 Å². The molecule has 0 heterocycles. The Morgan fingerprint density at radius 1 is 1.21 bits per heavy atom. The highest BCUT2D eigenvalue weighted by atomic mass is 35.5. The van der Waals surface area contributed by atoms with Gasteiger partial charge >= 0.3 is 0 Å². The molecule has 0 N–H and O–H groups in total. The van der Waals surface area contributed by atoms with E-state index in [1.165, 1.54) is 0 Å². The van der Waals surface area contributed by atoms with E-state index in [4.69, 9.17) is 20.8 Å². The number of ether oxygens (including phenoxy) is 1. The van der Waals surface area contributed by atoms with Crippen LogP contribution in [0, 0.1) is 0 Å². The number of rotatable bonds is 5. The Morgan fingerprint density at radius 2 is 1.71 bits per heavy atom. The first kappa shape index (κ1) is 14.4. The second-order valence-electron chi connectivity index (χ2n) is 5.43. The van der Waals surface area contributed by atoms with E-state index in [0.717, 1.165) is 0 Å². The van der Waals surface area contributed by atoms with Gasteiger partial charge in [0.05, 0.1) is 18.3 Å². The third kappa shape index (κ3) is 9.00. The first-order valence-corrected chi connectivity index (χ1v) is 8.96. The van der Waals surface area contributed by atoms with Gasteiger partial charge in [0.15, 0.2) is 8.32 Å². The largest absolute Gasteiger partial charge is 0.411 e. The van der Waals surface area contributed by atoms with Gasteiger partial charge in [-0.05, 0) is 40.4 Å². The van der Waals surface area contributed by atoms with Crippen LogP contribution < -0.4 is 0 Å². The van der Waals surface area contributed by atoms with Crippen LogP contribution >= 0.6 is 11.6 Å². The fraction of sp³-hybridized carbons (Fsp3) is 1.00. The van der Waals surface area contributed by atoms with Gasteiger partial charge in [0.1, 0.15) is 0 Å². The second kappa shape index (κ2) is 5.49. The molecule has 0 spiro atoms. The summed E-state index contributed by atoms with van der Waals surface area (Å²) in [5, 5.41) is 0. The Labute approximate surface area is 94.1 Å². The molecule has 14 heavy (non-hydrogen) atoms. The standard InChI is InChI=1S/C10H23ClO2Si/c1-10(2,3)12-8-9(7-11)13-14(4,5)6/h9H,7-8H2,1-6H3/t9-/m1/s1. The van der Waals surface area contributed by atoms with E-state index < -0.39 is 8.32 Å². The van der Waals surface area contributed by atoms with Gasteiger partial charge in [-0.2, -0.15) is 0 Å². The molecule has 0 bridgehead atoms. The minimum absolute atomic E-state index is 0.0301. The minimum atomic E-state index is -1.50. The van der Waals surface area contributed by atoms with Gasteiger partial charge in [-0.15, -0.1) is 11.6 Å². The molecule has 0 fully saturated rings. The van der Waals surface area contributed by atoms with Crippen molar-refractivity contribution in [2.75, 3.05) is 12.5 Å². The van der Waals surface area contributed by atoms with E-state index in [9.17, 15) is 0 Å². The molecule has 0 unspecified atom stereocenters. The zero-order chi connectivity index (χ0) is 11.4. The Bertz CT molecular complexity index is 160. The lowest BCUT2D eigenvalue weighted by Gasteiger charge is -2.28. The van der Waals surface area contributed by atoms with Crippen LogP contribution in [0.3, 0.4) is 0 Å². The monoisotopic (exact) mass is 238 g/mol. The lowest BCUT2D eigenvalue weighted by atomic mass is 10.2. The molecule has 0 saturated heterocycles. The van der Waals surface area contributed by atoms with Crippen molar-refractivity contribution in [2.45, 2.75) is 52.1 Å². The predicted octanol–water partition coefficient (Wildman–Crippen LogP) is 3.26. The molecular weight excluding hydrogens is 216 g/mol. The Morgan fingerprint density at radius 3 is 2.00 bits per heavy atom. The zero-order valence-corrected chi connectivity index (χ0v) is 11.9. The highest BCUT2D eigenvalue weighted by Crippen LogP contribution is 2.13. The lowest BCUT2D eigenvalue weighted by molar-refractivity contribution is -0.0383. The Hall–Kier alpha value is 0.427. The van der Waals surface area contributed by atoms with E-state index in [1.807, 2.05) is 20.8 Å². The smallest absolute Gasteiger partial charge is 0.184 e. The fourth-order valence-electron chi connectivity index (χ4n) is 0.953. The molecule has 0 aliphatic heterocycles. The molecule has 0 aromatic heterocycles. The lowest BCUT2D eigenvalue weighted by Crippen LogP contribution is -2.37. The van der Waals surface area contributed by atoms with Crippen molar-refractivity contribution in [3.63, 3.8) is 0 Å². The van der Waals surface area contributed by atoms with Crippen molar-refractivity contribution < 1.29 is 9.16 Å². The van der Waals surface area contributed by atoms with Crippen LogP contribution in [0.2, 0.25) is 19.6 Å². The maximum Gasteiger partial charge on any atom is 0.184 e. The SMILES string of the molecule is CC(C)(C)OC[C@@H](CCl)O[Si](C)(C)C. The van der Waals surface area contributed by atoms with Crippen molar-refractivity contribution in [3.05, 3.63) is 0 Å². The van der Waals surface area contributed by atoms with Crippen LogP contribution in [0.25, 0.3) is 0 Å². The highest BCUT2D eigenvalue weighted by molar-refractivity contribution is 6.69. The molecule has 2 nitrogen and oxygen atoms in total. The topological polar surface area (TPSA) is 18.5 Å². The van der Waals surface area contributed by atoms with Crippen LogP contribution in [-0.2, 0) is 9.16 Å². The number of alkyl halides is 1. The first-order valence-electron chi connectivity index (χ1n) is 5.02. The van der Waals surface area contributed by atoms with Crippen molar-refractivity contribution in [3.8, 4) is 0 Å². The van der Waals surface area contributed by atoms with Crippen LogP contribution in [0.5, 0.6) is 0 Å². The molecule has 1 atom stereocenters. The van der Waals surface area contributed by atoms with Gasteiger partial charge in [-0.25, -0.2) is 0 Å². The quantitative estimate of drug-likeness (QED) is 0.541. The number of hydrogen-bond donors (Lipinski definition) is 0. The zero-order valence-electron chi connectivity index (χ0n) is 10.2. The molecular formula is C10H23ClO2Si. The van der Waals surface area contributed by atoms with Gasteiger partial charge in [0.2, 0.25) is 0 Å². The molecule has 4 heteroatoms. The molecule has 0 aromatic carbocycles. The fourth-order valence-corrected chi connectivity index (χ4v) is 2.36. The summed E-state index contributed by atoms with van der Waals surface area (Å²) in [5.41, 5.74) is -0.118. The average molecular weight is 239 g/mol. The highest BCUT2D eigenvalue weighted by Gasteiger charge is 2.22. The van der Waals surface area contributed by atoms with Gasteiger partial charge in [0.25, 0.3) is 0 Å². The number of halogens is 1. The van der Waals surface area contributed by atoms with Crippen molar-refractivity contribution in [2.24, 2.45) is 0 Å². The van der Waals surface area contributed by atoms with Crippen LogP contribution in [0.1, 0.15) is 20.8 Å². The van der Waals surface area contributed by atoms with E-state index in [0.29, 0.717) is 12.5 Å². The maximum absolute atomic E-state index is 5.86. The van der Waals surface area contributed by atoms with Gasteiger partial charge in [-0.1, -0.05) is 0 Å². The average Bonchev–Trinajstić information content (AvgIpc) is 1.94. The summed E-state index contributed by atoms with van der Waals surface area (Å²) in [6.45, 7) is 13.2. The third-order valence-corrected chi connectivity index (χ3v) is 2.78. The normalized spacial score (nSPS) is 15.6. The van der Waals surface area contributed by atoms with Crippen molar-refractivity contribution in [1.82, 2.24) is 0 Å². The summed E-state index contributed by atoms with van der Waals surface area (Å²) in [6.07, 6.45) is 0.0301. The van der Waals surface area contributed by atoms with Crippen LogP contribution in [0.4, 0.5) is 0 Å². The van der Waals surface area contributed by atoms with E-state index >= 15 is 0 Å².